The molecule has 0 saturated heterocycles. The molecular formula is C48H49BN2O. The maximum absolute atomic E-state index is 10.1. The summed E-state index contributed by atoms with van der Waals surface area (Å²) in [7, 11) is 0. The van der Waals surface area contributed by atoms with Gasteiger partial charge in [0.05, 0.1) is 33.1 Å². The number of nitrogens with zero attached hydrogens (tertiary/aromatic N) is 2. The highest BCUT2D eigenvalue weighted by Crippen LogP contribution is 2.46. The Balaban J connectivity index is 1.69. The minimum absolute atomic E-state index is 0.00968. The van der Waals surface area contributed by atoms with E-state index in [2.05, 4.69) is 0 Å². The molecule has 0 spiro atoms. The van der Waals surface area contributed by atoms with Crippen molar-refractivity contribution in [2.75, 3.05) is 9.80 Å². The first-order valence-corrected chi connectivity index (χ1v) is 17.0. The maximum atomic E-state index is 10.1. The zero-order valence-corrected chi connectivity index (χ0v) is 30.5. The molecule has 6 aromatic carbocycles. The Hall–Kier alpha value is -5.22. The van der Waals surface area contributed by atoms with Crippen LogP contribution >= 0.6 is 0 Å². The molecule has 0 unspecified atom stereocenters. The van der Waals surface area contributed by atoms with E-state index in [4.69, 9.17) is 13.0 Å². The predicted octanol–water partition coefficient (Wildman–Crippen LogP) is 11.5. The summed E-state index contributed by atoms with van der Waals surface area (Å²) in [6, 6.07) is -10.5. The third-order valence-corrected chi connectivity index (χ3v) is 9.04. The van der Waals surface area contributed by atoms with Gasteiger partial charge in [-0.05, 0) is 104 Å². The van der Waals surface area contributed by atoms with Crippen LogP contribution in [0.25, 0.3) is 0 Å². The van der Waals surface area contributed by atoms with Crippen molar-refractivity contribution in [2.24, 2.45) is 0 Å². The highest BCUT2D eigenvalue weighted by molar-refractivity contribution is 6.99. The summed E-state index contributed by atoms with van der Waals surface area (Å²) >= 11 is 0. The van der Waals surface area contributed by atoms with Crippen LogP contribution in [0.15, 0.2) is 133 Å². The monoisotopic (exact) mass is 701 g/mol. The standard InChI is InChI=1S/C48H49BN2O/c1-46(2,3)32-20-24-37(25-21-32)51-41-26-22-33(47(4,5)6)28-39(41)49-40-29-34(48(7,8)9)23-27-43(40)52-44-31-38(30-42(51)45(44)49)50(35-16-12-10-13-17-35)36-18-14-11-15-19-36/h10-31H,1-9H3/i10D,11D,12D,13D,14D,15D,16D,17D,18D,19D,20D,21D,22D,23D,24D,25D,26D,27D,28D,29D. The highest BCUT2D eigenvalue weighted by atomic mass is 16.5. The van der Waals surface area contributed by atoms with E-state index in [1.54, 1.807) is 62.3 Å². The van der Waals surface area contributed by atoms with Gasteiger partial charge in [-0.2, -0.15) is 0 Å². The van der Waals surface area contributed by atoms with Crippen LogP contribution in [0, 0.1) is 0 Å². The van der Waals surface area contributed by atoms with Crippen molar-refractivity contribution in [2.45, 2.75) is 78.6 Å². The van der Waals surface area contributed by atoms with Crippen LogP contribution in [0.3, 0.4) is 0 Å². The fourth-order valence-electron chi connectivity index (χ4n) is 6.30. The second-order valence-electron chi connectivity index (χ2n) is 16.0. The lowest BCUT2D eigenvalue weighted by atomic mass is 9.33. The molecule has 0 aliphatic carbocycles. The Kier molecular flexibility index (Phi) is 4.22. The third-order valence-electron chi connectivity index (χ3n) is 9.04. The number of fused-ring (bicyclic) bond motifs is 4. The lowest BCUT2D eigenvalue weighted by Gasteiger charge is -2.42. The van der Waals surface area contributed by atoms with Gasteiger partial charge in [-0.25, -0.2) is 0 Å². The van der Waals surface area contributed by atoms with Crippen LogP contribution < -0.4 is 30.9 Å². The van der Waals surface area contributed by atoms with Gasteiger partial charge in [0, 0.05) is 34.5 Å². The Morgan fingerprint density at radius 1 is 0.519 bits per heavy atom. The molecule has 0 bridgehead atoms. The quantitative estimate of drug-likeness (QED) is 0.170. The first kappa shape index (κ1) is 18.0. The summed E-state index contributed by atoms with van der Waals surface area (Å²) < 4.78 is 191. The SMILES string of the molecule is [2H]c1c([2H])c([2H])c(N(c2cc3c4c(c2)N(c2c([2H])c([2H])c(C(C)(C)C)c([2H])c2[2H])c2c([2H])c([2H])c(C(C)(C)C)c([2H])c2B4c2c([2H])c(C(C)(C)C)c([2H])c([2H])c2O3)c2c([2H])c([2H])c([2H])c([2H])c2[2H])c([2H])c1[2H]. The summed E-state index contributed by atoms with van der Waals surface area (Å²) in [4.78, 5) is 2.01. The fourth-order valence-corrected chi connectivity index (χ4v) is 6.30. The van der Waals surface area contributed by atoms with Gasteiger partial charge in [-0.15, -0.1) is 0 Å². The van der Waals surface area contributed by atoms with Crippen molar-refractivity contribution in [1.82, 2.24) is 0 Å². The minimum atomic E-state index is -1.38. The van der Waals surface area contributed by atoms with E-state index >= 15 is 0 Å². The lowest BCUT2D eigenvalue weighted by molar-refractivity contribution is 0.486. The fraction of sp³-hybridized carbons (Fsp3) is 0.250. The summed E-state index contributed by atoms with van der Waals surface area (Å²) in [5, 5.41) is 0. The van der Waals surface area contributed by atoms with E-state index in [0.717, 1.165) is 9.80 Å². The number of anilines is 6. The number of hydrogen-bond acceptors (Lipinski definition) is 3. The maximum Gasteiger partial charge on any atom is 0.256 e. The number of rotatable bonds is 4. The van der Waals surface area contributed by atoms with Crippen LogP contribution in [0.2, 0.25) is 0 Å². The number of benzene rings is 6. The summed E-state index contributed by atoms with van der Waals surface area (Å²) in [6.07, 6.45) is 0. The smallest absolute Gasteiger partial charge is 0.256 e. The van der Waals surface area contributed by atoms with Crippen molar-refractivity contribution < 1.29 is 32.2 Å². The predicted molar refractivity (Wildman–Crippen MR) is 223 cm³/mol. The second-order valence-corrected chi connectivity index (χ2v) is 16.0. The topological polar surface area (TPSA) is 15.7 Å². The minimum Gasteiger partial charge on any atom is -0.458 e. The van der Waals surface area contributed by atoms with Crippen LogP contribution in [0.4, 0.5) is 34.1 Å². The molecule has 52 heavy (non-hydrogen) atoms. The van der Waals surface area contributed by atoms with E-state index < -0.39 is 143 Å². The lowest BCUT2D eigenvalue weighted by Crippen LogP contribution is -2.60. The van der Waals surface area contributed by atoms with E-state index in [-0.39, 0.29) is 79.8 Å². The first-order chi connectivity index (χ1) is 33.0. The number of para-hydroxylation sites is 2. The Morgan fingerprint density at radius 2 is 1.04 bits per heavy atom. The van der Waals surface area contributed by atoms with Crippen molar-refractivity contribution in [3.8, 4) is 11.5 Å². The van der Waals surface area contributed by atoms with E-state index in [1.807, 2.05) is 0 Å². The van der Waals surface area contributed by atoms with Gasteiger partial charge in [0.25, 0.3) is 6.71 Å². The first-order valence-electron chi connectivity index (χ1n) is 27.0. The molecular weight excluding hydrogens is 631 g/mol. The number of hydrogen-bond donors (Lipinski definition) is 0. The summed E-state index contributed by atoms with van der Waals surface area (Å²) in [5.74, 6) is -0.580. The van der Waals surface area contributed by atoms with Gasteiger partial charge in [-0.1, -0.05) is 135 Å². The van der Waals surface area contributed by atoms with Gasteiger partial charge < -0.3 is 14.5 Å². The van der Waals surface area contributed by atoms with Crippen LogP contribution in [0.5, 0.6) is 11.5 Å². The van der Waals surface area contributed by atoms with E-state index in [9.17, 15) is 19.2 Å². The zero-order valence-electron chi connectivity index (χ0n) is 50.5. The number of ether oxygens (including phenoxy) is 1. The highest BCUT2D eigenvalue weighted by Gasteiger charge is 2.43. The van der Waals surface area contributed by atoms with Gasteiger partial charge in [0.2, 0.25) is 0 Å². The normalized spacial score (nSPS) is 18.9. The van der Waals surface area contributed by atoms with E-state index in [1.165, 1.54) is 12.1 Å². The summed E-state index contributed by atoms with van der Waals surface area (Å²) in [5.41, 5.74) is -5.28. The second kappa shape index (κ2) is 12.2. The molecule has 4 heteroatoms. The summed E-state index contributed by atoms with van der Waals surface area (Å²) in [6.45, 7) is 14.3. The van der Waals surface area contributed by atoms with Gasteiger partial charge in [0.15, 0.2) is 0 Å². The van der Waals surface area contributed by atoms with Gasteiger partial charge >= 0.3 is 0 Å². The van der Waals surface area contributed by atoms with Crippen molar-refractivity contribution in [3.63, 3.8) is 0 Å². The third kappa shape index (κ3) is 5.89. The molecule has 260 valence electrons. The van der Waals surface area contributed by atoms with Crippen LogP contribution in [-0.2, 0) is 16.2 Å². The molecule has 0 amide bonds. The molecule has 2 aliphatic rings. The molecule has 0 N–H and O–H groups in total. The Labute approximate surface area is 339 Å². The zero-order chi connectivity index (χ0) is 54.0. The molecule has 3 nitrogen and oxygen atoms in total. The average molecular weight is 701 g/mol. The molecule has 0 saturated carbocycles. The Bertz CT molecular complexity index is 3270. The van der Waals surface area contributed by atoms with Crippen molar-refractivity contribution in [1.29, 1.82) is 0 Å². The van der Waals surface area contributed by atoms with Gasteiger partial charge in [0.1, 0.15) is 11.5 Å². The largest absolute Gasteiger partial charge is 0.458 e. The van der Waals surface area contributed by atoms with Crippen molar-refractivity contribution >= 4 is 57.2 Å². The molecule has 8 rings (SSSR count). The Morgan fingerprint density at radius 3 is 1.60 bits per heavy atom. The molecule has 2 heterocycles. The van der Waals surface area contributed by atoms with Gasteiger partial charge in [-0.3, -0.25) is 0 Å². The van der Waals surface area contributed by atoms with E-state index in [0.29, 0.717) is 0 Å². The molecule has 2 aliphatic heterocycles. The molecule has 0 fully saturated rings. The molecule has 6 aromatic rings. The molecule has 0 aromatic heterocycles. The van der Waals surface area contributed by atoms with Crippen molar-refractivity contribution in [3.05, 3.63) is 150 Å². The molecule has 0 radical (unpaired) electrons. The average Bonchev–Trinajstić information content (AvgIpc) is 3.27. The van der Waals surface area contributed by atoms with Crippen LogP contribution in [-0.4, -0.2) is 6.71 Å². The molecule has 0 atom stereocenters. The van der Waals surface area contributed by atoms with Crippen LogP contribution in [0.1, 0.15) is 106 Å².